The summed E-state index contributed by atoms with van der Waals surface area (Å²) in [6, 6.07) is 11.9. The second kappa shape index (κ2) is 6.60. The van der Waals surface area contributed by atoms with Gasteiger partial charge in [-0.1, -0.05) is 29.8 Å². The van der Waals surface area contributed by atoms with Crippen molar-refractivity contribution in [2.45, 2.75) is 18.9 Å². The molecule has 0 aliphatic carbocycles. The minimum Gasteiger partial charge on any atom is -0.324 e. The molecule has 1 aromatic carbocycles. The van der Waals surface area contributed by atoms with Crippen LogP contribution in [0.3, 0.4) is 0 Å². The first-order valence-electron chi connectivity index (χ1n) is 7.06. The van der Waals surface area contributed by atoms with E-state index < -0.39 is 0 Å². The lowest BCUT2D eigenvalue weighted by molar-refractivity contribution is -0.117. The molecular weight excluding hydrogens is 304 g/mol. The predicted molar refractivity (Wildman–Crippen MR) is 87.9 cm³/mol. The van der Waals surface area contributed by atoms with Gasteiger partial charge >= 0.3 is 0 Å². The number of hydrogen-bond donors (Lipinski definition) is 1. The highest BCUT2D eigenvalue weighted by molar-refractivity contribution is 7.10. The van der Waals surface area contributed by atoms with Crippen LogP contribution in [-0.2, 0) is 4.79 Å². The van der Waals surface area contributed by atoms with Gasteiger partial charge < -0.3 is 5.32 Å². The third-order valence-corrected chi connectivity index (χ3v) is 5.03. The molecule has 21 heavy (non-hydrogen) atoms. The van der Waals surface area contributed by atoms with Crippen LogP contribution in [0.25, 0.3) is 0 Å². The van der Waals surface area contributed by atoms with E-state index in [1.807, 2.05) is 18.2 Å². The first-order valence-corrected chi connectivity index (χ1v) is 8.31. The maximum atomic E-state index is 12.2. The van der Waals surface area contributed by atoms with Gasteiger partial charge in [0.05, 0.1) is 17.3 Å². The maximum absolute atomic E-state index is 12.2. The average molecular weight is 321 g/mol. The van der Waals surface area contributed by atoms with Crippen LogP contribution in [0, 0.1) is 0 Å². The summed E-state index contributed by atoms with van der Waals surface area (Å²) < 4.78 is 0. The van der Waals surface area contributed by atoms with Crippen LogP contribution in [0.2, 0.25) is 5.02 Å². The summed E-state index contributed by atoms with van der Waals surface area (Å²) in [4.78, 5) is 15.8. The van der Waals surface area contributed by atoms with Crippen molar-refractivity contribution >= 4 is 34.5 Å². The number of nitrogens with zero attached hydrogens (tertiary/aromatic N) is 1. The first-order chi connectivity index (χ1) is 10.2. The number of para-hydroxylation sites is 1. The van der Waals surface area contributed by atoms with Crippen molar-refractivity contribution in [1.29, 1.82) is 0 Å². The Morgan fingerprint density at radius 3 is 2.95 bits per heavy atom. The number of hydrogen-bond acceptors (Lipinski definition) is 3. The number of carbonyl (C=O) groups is 1. The van der Waals surface area contributed by atoms with Crippen molar-refractivity contribution < 1.29 is 4.79 Å². The fourth-order valence-corrected chi connectivity index (χ4v) is 3.83. The van der Waals surface area contributed by atoms with E-state index in [-0.39, 0.29) is 5.91 Å². The Morgan fingerprint density at radius 1 is 1.33 bits per heavy atom. The highest BCUT2D eigenvalue weighted by atomic mass is 35.5. The van der Waals surface area contributed by atoms with E-state index >= 15 is 0 Å². The van der Waals surface area contributed by atoms with Gasteiger partial charge in [-0.05, 0) is 43.0 Å². The topological polar surface area (TPSA) is 32.3 Å². The molecule has 3 rings (SSSR count). The SMILES string of the molecule is O=C(CN1CCC[C@@H]1c1cccs1)Nc1ccccc1Cl. The largest absolute Gasteiger partial charge is 0.324 e. The van der Waals surface area contributed by atoms with E-state index in [1.165, 1.54) is 4.88 Å². The molecule has 1 N–H and O–H groups in total. The average Bonchev–Trinajstić information content (AvgIpc) is 3.11. The van der Waals surface area contributed by atoms with Gasteiger partial charge in [-0.2, -0.15) is 0 Å². The Labute approximate surface area is 133 Å². The van der Waals surface area contributed by atoms with Crippen LogP contribution in [0.5, 0.6) is 0 Å². The molecular formula is C16H17ClN2OS. The molecule has 1 saturated heterocycles. The van der Waals surface area contributed by atoms with Gasteiger partial charge in [0.2, 0.25) is 5.91 Å². The molecule has 0 bridgehead atoms. The zero-order valence-corrected chi connectivity index (χ0v) is 13.2. The summed E-state index contributed by atoms with van der Waals surface area (Å²) in [5.74, 6) is -0.00782. The first kappa shape index (κ1) is 14.6. The number of thiophene rings is 1. The molecule has 2 aromatic rings. The number of carbonyl (C=O) groups excluding carboxylic acids is 1. The monoisotopic (exact) mass is 320 g/mol. The molecule has 2 heterocycles. The van der Waals surface area contributed by atoms with Crippen molar-refractivity contribution in [2.24, 2.45) is 0 Å². The summed E-state index contributed by atoms with van der Waals surface area (Å²) in [6.45, 7) is 1.38. The Kier molecular flexibility index (Phi) is 4.58. The molecule has 1 fully saturated rings. The van der Waals surface area contributed by atoms with Gasteiger partial charge in [0, 0.05) is 10.9 Å². The molecule has 0 radical (unpaired) electrons. The van der Waals surface area contributed by atoms with Gasteiger partial charge in [-0.15, -0.1) is 11.3 Å². The number of anilines is 1. The van der Waals surface area contributed by atoms with E-state index in [9.17, 15) is 4.79 Å². The number of likely N-dealkylation sites (tertiary alicyclic amines) is 1. The third-order valence-electron chi connectivity index (χ3n) is 3.73. The van der Waals surface area contributed by atoms with E-state index in [1.54, 1.807) is 17.4 Å². The number of rotatable bonds is 4. The highest BCUT2D eigenvalue weighted by Gasteiger charge is 2.28. The summed E-state index contributed by atoms with van der Waals surface area (Å²) in [5, 5.41) is 5.56. The Hall–Kier alpha value is -1.36. The minimum atomic E-state index is -0.00782. The van der Waals surface area contributed by atoms with Crippen LogP contribution in [-0.4, -0.2) is 23.9 Å². The van der Waals surface area contributed by atoms with Crippen LogP contribution in [0.1, 0.15) is 23.8 Å². The fraction of sp³-hybridized carbons (Fsp3) is 0.312. The smallest absolute Gasteiger partial charge is 0.238 e. The molecule has 3 nitrogen and oxygen atoms in total. The highest BCUT2D eigenvalue weighted by Crippen LogP contribution is 2.34. The van der Waals surface area contributed by atoms with Gasteiger partial charge in [-0.25, -0.2) is 0 Å². The third kappa shape index (κ3) is 3.46. The van der Waals surface area contributed by atoms with Gasteiger partial charge in [0.25, 0.3) is 0 Å². The van der Waals surface area contributed by atoms with Crippen LogP contribution in [0.4, 0.5) is 5.69 Å². The number of halogens is 1. The molecule has 1 aromatic heterocycles. The van der Waals surface area contributed by atoms with Gasteiger partial charge in [0.1, 0.15) is 0 Å². The molecule has 0 spiro atoms. The number of amides is 1. The molecule has 110 valence electrons. The molecule has 1 aliphatic rings. The second-order valence-electron chi connectivity index (χ2n) is 5.17. The Morgan fingerprint density at radius 2 is 2.19 bits per heavy atom. The fourth-order valence-electron chi connectivity index (χ4n) is 2.76. The predicted octanol–water partition coefficient (Wildman–Crippen LogP) is 4.18. The van der Waals surface area contributed by atoms with Crippen LogP contribution in [0.15, 0.2) is 41.8 Å². The summed E-state index contributed by atoms with van der Waals surface area (Å²) in [5.41, 5.74) is 0.677. The minimum absolute atomic E-state index is 0.00782. The van der Waals surface area contributed by atoms with E-state index in [0.717, 1.165) is 19.4 Å². The number of nitrogens with one attached hydrogen (secondary N) is 1. The van der Waals surface area contributed by atoms with Crippen molar-refractivity contribution in [3.63, 3.8) is 0 Å². The summed E-state index contributed by atoms with van der Waals surface area (Å²) >= 11 is 7.83. The molecule has 5 heteroatoms. The Balaban J connectivity index is 1.63. The maximum Gasteiger partial charge on any atom is 0.238 e. The molecule has 1 atom stereocenters. The quantitative estimate of drug-likeness (QED) is 0.916. The lowest BCUT2D eigenvalue weighted by atomic mass is 10.2. The van der Waals surface area contributed by atoms with Crippen molar-refractivity contribution in [3.05, 3.63) is 51.7 Å². The molecule has 1 amide bonds. The summed E-state index contributed by atoms with van der Waals surface area (Å²) in [6.07, 6.45) is 2.27. The zero-order chi connectivity index (χ0) is 14.7. The van der Waals surface area contributed by atoms with Gasteiger partial charge in [0.15, 0.2) is 0 Å². The van der Waals surface area contributed by atoms with Crippen molar-refractivity contribution in [2.75, 3.05) is 18.4 Å². The lowest BCUT2D eigenvalue weighted by Gasteiger charge is -2.23. The summed E-state index contributed by atoms with van der Waals surface area (Å²) in [7, 11) is 0. The Bertz CT molecular complexity index is 614. The number of benzene rings is 1. The van der Waals surface area contributed by atoms with Crippen LogP contribution >= 0.6 is 22.9 Å². The standard InChI is InChI=1S/C16H17ClN2OS/c17-12-5-1-2-6-13(12)18-16(20)11-19-9-3-7-14(19)15-8-4-10-21-15/h1-2,4-6,8,10,14H,3,7,9,11H2,(H,18,20)/t14-/m1/s1. The zero-order valence-electron chi connectivity index (χ0n) is 11.6. The van der Waals surface area contributed by atoms with Crippen molar-refractivity contribution in [3.8, 4) is 0 Å². The second-order valence-corrected chi connectivity index (χ2v) is 6.56. The normalized spacial score (nSPS) is 18.8. The lowest BCUT2D eigenvalue weighted by Crippen LogP contribution is -2.32. The van der Waals surface area contributed by atoms with Crippen LogP contribution < -0.4 is 5.32 Å². The van der Waals surface area contributed by atoms with E-state index in [4.69, 9.17) is 11.6 Å². The molecule has 1 aliphatic heterocycles. The van der Waals surface area contributed by atoms with E-state index in [0.29, 0.717) is 23.3 Å². The van der Waals surface area contributed by atoms with Gasteiger partial charge in [-0.3, -0.25) is 9.69 Å². The van der Waals surface area contributed by atoms with Crippen molar-refractivity contribution in [1.82, 2.24) is 4.90 Å². The molecule has 0 unspecified atom stereocenters. The molecule has 0 saturated carbocycles. The van der Waals surface area contributed by atoms with E-state index in [2.05, 4.69) is 27.7 Å².